The Labute approximate surface area is 49.9 Å². The van der Waals surface area contributed by atoms with Crippen molar-refractivity contribution in [2.24, 2.45) is 4.99 Å². The molecule has 0 atom stereocenters. The van der Waals surface area contributed by atoms with Crippen molar-refractivity contribution in [3.8, 4) is 6.19 Å². The van der Waals surface area contributed by atoms with Gasteiger partial charge in [0.15, 0.2) is 0 Å². The van der Waals surface area contributed by atoms with E-state index in [9.17, 15) is 0 Å². The highest BCUT2D eigenvalue weighted by atomic mass is 14.7. The van der Waals surface area contributed by atoms with Gasteiger partial charge < -0.3 is 0 Å². The van der Waals surface area contributed by atoms with Crippen molar-refractivity contribution in [2.75, 3.05) is 0 Å². The average molecular weight is 110 g/mol. The van der Waals surface area contributed by atoms with Gasteiger partial charge in [-0.25, -0.2) is 0 Å². The molecule has 44 valence electrons. The molecule has 0 N–H and O–H groups in total. The van der Waals surface area contributed by atoms with Crippen LogP contribution < -0.4 is 0 Å². The Hall–Kier alpha value is -0.840. The Bertz CT molecular complexity index is 119. The molecule has 0 unspecified atom stereocenters. The first-order valence-electron chi connectivity index (χ1n) is 2.73. The van der Waals surface area contributed by atoms with Gasteiger partial charge in [-0.3, -0.25) is 0 Å². The van der Waals surface area contributed by atoms with Gasteiger partial charge in [-0.05, 0) is 13.3 Å². The second-order valence-corrected chi connectivity index (χ2v) is 1.70. The van der Waals surface area contributed by atoms with E-state index < -0.39 is 0 Å². The number of aliphatic imine (C=N–C) groups is 1. The normalized spacial score (nSPS) is 10.9. The van der Waals surface area contributed by atoms with Crippen LogP contribution in [0, 0.1) is 11.5 Å². The lowest BCUT2D eigenvalue weighted by molar-refractivity contribution is 0.988. The van der Waals surface area contributed by atoms with Gasteiger partial charge in [-0.1, -0.05) is 13.3 Å². The summed E-state index contributed by atoms with van der Waals surface area (Å²) in [5, 5.41) is 8.03. The molecule has 0 aliphatic carbocycles. The molecule has 8 heavy (non-hydrogen) atoms. The van der Waals surface area contributed by atoms with Gasteiger partial charge in [0.25, 0.3) is 0 Å². The zero-order valence-electron chi connectivity index (χ0n) is 5.31. The summed E-state index contributed by atoms with van der Waals surface area (Å²) < 4.78 is 0. The molecule has 2 heteroatoms. The molecule has 2 nitrogen and oxygen atoms in total. The van der Waals surface area contributed by atoms with Crippen molar-refractivity contribution < 1.29 is 0 Å². The minimum absolute atomic E-state index is 0.926. The van der Waals surface area contributed by atoms with Crippen LogP contribution >= 0.6 is 0 Å². The van der Waals surface area contributed by atoms with Crippen molar-refractivity contribution in [1.82, 2.24) is 0 Å². The lowest BCUT2D eigenvalue weighted by atomic mass is 10.2. The van der Waals surface area contributed by atoms with Gasteiger partial charge in [0, 0.05) is 5.71 Å². The fourth-order valence-corrected chi connectivity index (χ4v) is 0.503. The van der Waals surface area contributed by atoms with E-state index in [-0.39, 0.29) is 0 Å². The number of hydrogen-bond acceptors (Lipinski definition) is 2. The van der Waals surface area contributed by atoms with Gasteiger partial charge in [-0.2, -0.15) is 10.3 Å². The summed E-state index contributed by atoms with van der Waals surface area (Å²) in [6.45, 7) is 3.93. The van der Waals surface area contributed by atoms with E-state index in [1.54, 1.807) is 6.19 Å². The summed E-state index contributed by atoms with van der Waals surface area (Å²) in [6, 6.07) is 0. The van der Waals surface area contributed by atoms with E-state index in [0.717, 1.165) is 18.6 Å². The Morgan fingerprint density at radius 2 is 2.38 bits per heavy atom. The van der Waals surface area contributed by atoms with Crippen molar-refractivity contribution in [2.45, 2.75) is 26.7 Å². The van der Waals surface area contributed by atoms with Crippen molar-refractivity contribution in [3.63, 3.8) is 0 Å². The predicted octanol–water partition coefficient (Wildman–Crippen LogP) is 1.73. The van der Waals surface area contributed by atoms with Gasteiger partial charge in [0.1, 0.15) is 0 Å². The van der Waals surface area contributed by atoms with Crippen LogP contribution in [-0.2, 0) is 0 Å². The molecule has 0 fully saturated rings. The third-order valence-electron chi connectivity index (χ3n) is 0.853. The quantitative estimate of drug-likeness (QED) is 0.394. The van der Waals surface area contributed by atoms with E-state index >= 15 is 0 Å². The minimum atomic E-state index is 0.926. The molecule has 0 aliphatic rings. The van der Waals surface area contributed by atoms with Crippen LogP contribution in [0.15, 0.2) is 4.99 Å². The molecule has 0 aromatic heterocycles. The third kappa shape index (κ3) is 3.35. The predicted molar refractivity (Wildman–Crippen MR) is 33.6 cm³/mol. The van der Waals surface area contributed by atoms with Crippen LogP contribution in [0.1, 0.15) is 26.7 Å². The fourth-order valence-electron chi connectivity index (χ4n) is 0.503. The van der Waals surface area contributed by atoms with Crippen LogP contribution in [0.2, 0.25) is 0 Å². The molecule has 0 aromatic rings. The Kier molecular flexibility index (Phi) is 3.87. The summed E-state index contributed by atoms with van der Waals surface area (Å²) >= 11 is 0. The molecule has 0 aromatic carbocycles. The first-order chi connectivity index (χ1) is 3.81. The number of nitrogens with zero attached hydrogens (tertiary/aromatic N) is 2. The SMILES string of the molecule is CCCC(C)=NC#N. The first kappa shape index (κ1) is 7.16. The lowest BCUT2D eigenvalue weighted by Crippen LogP contribution is -1.86. The van der Waals surface area contributed by atoms with Gasteiger partial charge in [0.2, 0.25) is 6.19 Å². The zero-order valence-corrected chi connectivity index (χ0v) is 5.31. The maximum Gasteiger partial charge on any atom is 0.205 e. The summed E-state index contributed by atoms with van der Waals surface area (Å²) in [5.41, 5.74) is 0.926. The molecule has 0 saturated carbocycles. The Morgan fingerprint density at radius 3 is 2.75 bits per heavy atom. The van der Waals surface area contributed by atoms with E-state index in [4.69, 9.17) is 5.26 Å². The van der Waals surface area contributed by atoms with Crippen molar-refractivity contribution in [1.29, 1.82) is 5.26 Å². The van der Waals surface area contributed by atoms with Gasteiger partial charge in [-0.15, -0.1) is 0 Å². The van der Waals surface area contributed by atoms with Crippen LogP contribution in [0.25, 0.3) is 0 Å². The molecular weight excluding hydrogens is 100 g/mol. The van der Waals surface area contributed by atoms with Crippen molar-refractivity contribution in [3.05, 3.63) is 0 Å². The lowest BCUT2D eigenvalue weighted by Gasteiger charge is -1.87. The molecule has 0 amide bonds. The minimum Gasteiger partial charge on any atom is -0.183 e. The molecule has 0 bridgehead atoms. The molecule has 0 spiro atoms. The van der Waals surface area contributed by atoms with E-state index in [2.05, 4.69) is 11.9 Å². The Balaban J connectivity index is 3.49. The highest BCUT2D eigenvalue weighted by molar-refractivity contribution is 5.82. The summed E-state index contributed by atoms with van der Waals surface area (Å²) in [5.74, 6) is 0. The fraction of sp³-hybridized carbons (Fsp3) is 0.667. The number of rotatable bonds is 2. The molecule has 0 saturated heterocycles. The molecule has 0 rings (SSSR count). The summed E-state index contributed by atoms with van der Waals surface area (Å²) in [4.78, 5) is 3.54. The maximum atomic E-state index is 8.03. The average Bonchev–Trinajstić information content (AvgIpc) is 1.68. The second kappa shape index (κ2) is 4.32. The van der Waals surface area contributed by atoms with E-state index in [0.29, 0.717) is 0 Å². The highest BCUT2D eigenvalue weighted by Crippen LogP contribution is 1.89. The van der Waals surface area contributed by atoms with Crippen LogP contribution in [-0.4, -0.2) is 5.71 Å². The number of nitriles is 1. The van der Waals surface area contributed by atoms with Crippen LogP contribution in [0.4, 0.5) is 0 Å². The smallest absolute Gasteiger partial charge is 0.183 e. The molecule has 0 heterocycles. The Morgan fingerprint density at radius 1 is 1.75 bits per heavy atom. The molecular formula is C6H10N2. The monoisotopic (exact) mass is 110 g/mol. The van der Waals surface area contributed by atoms with Crippen LogP contribution in [0.3, 0.4) is 0 Å². The van der Waals surface area contributed by atoms with Gasteiger partial charge in [0.05, 0.1) is 0 Å². The first-order valence-corrected chi connectivity index (χ1v) is 2.73. The van der Waals surface area contributed by atoms with E-state index in [1.165, 1.54) is 0 Å². The largest absolute Gasteiger partial charge is 0.205 e. The van der Waals surface area contributed by atoms with Crippen molar-refractivity contribution >= 4 is 5.71 Å². The van der Waals surface area contributed by atoms with Crippen LogP contribution in [0.5, 0.6) is 0 Å². The third-order valence-corrected chi connectivity index (χ3v) is 0.853. The maximum absolute atomic E-state index is 8.03. The highest BCUT2D eigenvalue weighted by Gasteiger charge is 1.84. The standard InChI is InChI=1S/C6H10N2/c1-3-4-6(2)8-5-7/h3-4H2,1-2H3. The van der Waals surface area contributed by atoms with E-state index in [1.807, 2.05) is 6.92 Å². The topological polar surface area (TPSA) is 36.1 Å². The summed E-state index contributed by atoms with van der Waals surface area (Å²) in [6.07, 6.45) is 3.74. The molecule has 0 aliphatic heterocycles. The van der Waals surface area contributed by atoms with Gasteiger partial charge >= 0.3 is 0 Å². The number of hydrogen-bond donors (Lipinski definition) is 0. The second-order valence-electron chi connectivity index (χ2n) is 1.70. The zero-order chi connectivity index (χ0) is 6.41. The molecule has 0 radical (unpaired) electrons. The summed E-state index contributed by atoms with van der Waals surface area (Å²) in [7, 11) is 0.